The van der Waals surface area contributed by atoms with Gasteiger partial charge in [0.25, 0.3) is 10.1 Å². The first-order valence-corrected chi connectivity index (χ1v) is 7.09. The zero-order valence-corrected chi connectivity index (χ0v) is 11.5. The summed E-state index contributed by atoms with van der Waals surface area (Å²) in [7, 11) is -4.12. The normalized spacial score (nSPS) is 10.2. The van der Waals surface area contributed by atoms with Crippen molar-refractivity contribution in [3.05, 3.63) is 60.7 Å². The Balaban J connectivity index is 0.000000217. The van der Waals surface area contributed by atoms with Crippen molar-refractivity contribution in [2.75, 3.05) is 11.5 Å². The molecule has 6 heteroatoms. The second-order valence-corrected chi connectivity index (χ2v) is 5.24. The van der Waals surface area contributed by atoms with Gasteiger partial charge in [0.05, 0.1) is 11.4 Å². The molecule has 2 aromatic rings. The van der Waals surface area contributed by atoms with Crippen molar-refractivity contribution in [3.63, 3.8) is 0 Å². The molecule has 0 heterocycles. The first kappa shape index (κ1) is 15.7. The molecule has 0 radical (unpaired) electrons. The first-order chi connectivity index (χ1) is 9.36. The van der Waals surface area contributed by atoms with E-state index >= 15 is 0 Å². The summed E-state index contributed by atoms with van der Waals surface area (Å²) in [5.41, 5.74) is 12.5. The van der Waals surface area contributed by atoms with Gasteiger partial charge >= 0.3 is 0 Å². The molecule has 0 saturated heterocycles. The smallest absolute Gasteiger partial charge is 0.295 e. The highest BCUT2D eigenvalue weighted by molar-refractivity contribution is 7.85. The summed E-state index contributed by atoms with van der Waals surface area (Å²) in [4.78, 5) is -0.111. The third-order valence-electron chi connectivity index (χ3n) is 2.41. The van der Waals surface area contributed by atoms with E-state index in [9.17, 15) is 8.42 Å². The van der Waals surface area contributed by atoms with Crippen LogP contribution in [0.4, 0.5) is 11.4 Å². The highest BCUT2D eigenvalue weighted by atomic mass is 32.2. The Morgan fingerprint density at radius 3 is 1.75 bits per heavy atom. The zero-order chi connectivity index (χ0) is 15.2. The number of hydrogen-bond donors (Lipinski definition) is 3. The summed E-state index contributed by atoms with van der Waals surface area (Å²) >= 11 is 0. The standard InChI is InChI=1S/C8H8O3S.C6H8N2/c1-2-7-5-3-4-6-8(7)12(9,10)11;7-5-3-1-2-4-6(5)8/h2-6H,1H2,(H,9,10,11);1-4H,7-8H2. The molecular weight excluding hydrogens is 276 g/mol. The minimum Gasteiger partial charge on any atom is -0.397 e. The van der Waals surface area contributed by atoms with E-state index in [-0.39, 0.29) is 4.90 Å². The van der Waals surface area contributed by atoms with Gasteiger partial charge in [-0.05, 0) is 23.8 Å². The second kappa shape index (κ2) is 6.74. The maximum Gasteiger partial charge on any atom is 0.295 e. The maximum absolute atomic E-state index is 10.7. The molecule has 0 saturated carbocycles. The predicted octanol–water partition coefficient (Wildman–Crippen LogP) is 2.43. The molecule has 0 aromatic heterocycles. The van der Waals surface area contributed by atoms with Gasteiger partial charge in [0, 0.05) is 0 Å². The largest absolute Gasteiger partial charge is 0.397 e. The first-order valence-electron chi connectivity index (χ1n) is 5.65. The summed E-state index contributed by atoms with van der Waals surface area (Å²) in [5.74, 6) is 0. The number of nitrogens with two attached hydrogens (primary N) is 2. The SMILES string of the molecule is C=Cc1ccccc1S(=O)(=O)O.Nc1ccccc1N. The summed E-state index contributed by atoms with van der Waals surface area (Å²) in [6.45, 7) is 3.43. The van der Waals surface area contributed by atoms with Crippen molar-refractivity contribution in [1.29, 1.82) is 0 Å². The lowest BCUT2D eigenvalue weighted by molar-refractivity contribution is 0.483. The van der Waals surface area contributed by atoms with Crippen molar-refractivity contribution in [1.82, 2.24) is 0 Å². The maximum atomic E-state index is 10.7. The van der Waals surface area contributed by atoms with E-state index in [4.69, 9.17) is 16.0 Å². The Kier molecular flexibility index (Phi) is 5.31. The molecule has 106 valence electrons. The Morgan fingerprint density at radius 2 is 1.40 bits per heavy atom. The number of benzene rings is 2. The van der Waals surface area contributed by atoms with E-state index < -0.39 is 10.1 Å². The Bertz CT molecular complexity index is 676. The van der Waals surface area contributed by atoms with Crippen LogP contribution in [-0.2, 0) is 10.1 Å². The lowest BCUT2D eigenvalue weighted by atomic mass is 10.2. The van der Waals surface area contributed by atoms with Gasteiger partial charge in [0.2, 0.25) is 0 Å². The van der Waals surface area contributed by atoms with Gasteiger partial charge < -0.3 is 11.5 Å². The quantitative estimate of drug-likeness (QED) is 0.582. The molecule has 0 fully saturated rings. The second-order valence-electron chi connectivity index (χ2n) is 3.85. The van der Waals surface area contributed by atoms with Crippen molar-refractivity contribution in [2.24, 2.45) is 0 Å². The van der Waals surface area contributed by atoms with Gasteiger partial charge in [-0.15, -0.1) is 0 Å². The number of para-hydroxylation sites is 2. The molecule has 0 aliphatic rings. The van der Waals surface area contributed by atoms with E-state index in [0.717, 1.165) is 0 Å². The highest BCUT2D eigenvalue weighted by Gasteiger charge is 2.11. The van der Waals surface area contributed by atoms with Crippen LogP contribution in [0.15, 0.2) is 60.0 Å². The van der Waals surface area contributed by atoms with Gasteiger partial charge in [-0.25, -0.2) is 0 Å². The van der Waals surface area contributed by atoms with E-state index in [1.165, 1.54) is 18.2 Å². The van der Waals surface area contributed by atoms with Gasteiger partial charge in [0.15, 0.2) is 0 Å². The third-order valence-corrected chi connectivity index (χ3v) is 3.34. The van der Waals surface area contributed by atoms with Gasteiger partial charge in [0.1, 0.15) is 4.90 Å². The van der Waals surface area contributed by atoms with E-state index in [0.29, 0.717) is 16.9 Å². The molecule has 0 amide bonds. The van der Waals surface area contributed by atoms with E-state index in [1.807, 2.05) is 12.1 Å². The third kappa shape index (κ3) is 4.42. The molecule has 5 nitrogen and oxygen atoms in total. The van der Waals surface area contributed by atoms with Gasteiger partial charge in [-0.1, -0.05) is 43.0 Å². The minimum atomic E-state index is -4.12. The predicted molar refractivity (Wildman–Crippen MR) is 81.6 cm³/mol. The summed E-state index contributed by atoms with van der Waals surface area (Å²) in [6.07, 6.45) is 1.38. The molecule has 0 atom stereocenters. The Morgan fingerprint density at radius 1 is 0.950 bits per heavy atom. The monoisotopic (exact) mass is 292 g/mol. The molecule has 20 heavy (non-hydrogen) atoms. The fraction of sp³-hybridized carbons (Fsp3) is 0. The van der Waals surface area contributed by atoms with Crippen LogP contribution in [0.1, 0.15) is 5.56 Å². The lowest BCUT2D eigenvalue weighted by Crippen LogP contribution is -1.99. The summed E-state index contributed by atoms with van der Waals surface area (Å²) < 4.78 is 30.2. The van der Waals surface area contributed by atoms with Crippen LogP contribution >= 0.6 is 0 Å². The van der Waals surface area contributed by atoms with Crippen LogP contribution < -0.4 is 11.5 Å². The Labute approximate surface area is 118 Å². The number of hydrogen-bond acceptors (Lipinski definition) is 4. The minimum absolute atomic E-state index is 0.111. The molecule has 0 unspecified atom stereocenters. The highest BCUT2D eigenvalue weighted by Crippen LogP contribution is 2.15. The topological polar surface area (TPSA) is 106 Å². The fourth-order valence-corrected chi connectivity index (χ4v) is 2.09. The van der Waals surface area contributed by atoms with Crippen LogP contribution in [0, 0.1) is 0 Å². The molecule has 0 aliphatic carbocycles. The molecule has 2 aromatic carbocycles. The average Bonchev–Trinajstić information content (AvgIpc) is 2.42. The fourth-order valence-electron chi connectivity index (χ4n) is 1.39. The summed E-state index contributed by atoms with van der Waals surface area (Å²) in [6, 6.07) is 13.4. The molecule has 0 bridgehead atoms. The molecule has 2 rings (SSSR count). The summed E-state index contributed by atoms with van der Waals surface area (Å²) in [5, 5.41) is 0. The van der Waals surface area contributed by atoms with Gasteiger partial charge in [-0.3, -0.25) is 4.55 Å². The van der Waals surface area contributed by atoms with Crippen LogP contribution in [0.3, 0.4) is 0 Å². The average molecular weight is 292 g/mol. The van der Waals surface area contributed by atoms with Gasteiger partial charge in [-0.2, -0.15) is 8.42 Å². The van der Waals surface area contributed by atoms with Crippen LogP contribution in [0.5, 0.6) is 0 Å². The molecule has 0 spiro atoms. The molecule has 0 aliphatic heterocycles. The molecule has 5 N–H and O–H groups in total. The van der Waals surface area contributed by atoms with E-state index in [2.05, 4.69) is 6.58 Å². The number of rotatable bonds is 2. The van der Waals surface area contributed by atoms with Crippen molar-refractivity contribution in [3.8, 4) is 0 Å². The van der Waals surface area contributed by atoms with Crippen LogP contribution in [0.2, 0.25) is 0 Å². The van der Waals surface area contributed by atoms with Crippen molar-refractivity contribution < 1.29 is 13.0 Å². The van der Waals surface area contributed by atoms with Crippen molar-refractivity contribution >= 4 is 27.6 Å². The zero-order valence-electron chi connectivity index (χ0n) is 10.7. The van der Waals surface area contributed by atoms with E-state index in [1.54, 1.807) is 24.3 Å². The van der Waals surface area contributed by atoms with Crippen LogP contribution in [0.25, 0.3) is 6.08 Å². The lowest BCUT2D eigenvalue weighted by Gasteiger charge is -2.00. The Hall–Kier alpha value is -2.31. The van der Waals surface area contributed by atoms with Crippen LogP contribution in [-0.4, -0.2) is 13.0 Å². The number of anilines is 2. The molecular formula is C14H16N2O3S. The number of nitrogen functional groups attached to an aromatic ring is 2. The van der Waals surface area contributed by atoms with Crippen molar-refractivity contribution in [2.45, 2.75) is 4.90 Å².